The Morgan fingerprint density at radius 3 is 2.67 bits per heavy atom. The number of nitrogens with zero attached hydrogens (tertiary/aromatic N) is 2. The molecule has 5 nitrogen and oxygen atoms in total. The predicted molar refractivity (Wildman–Crippen MR) is 57.8 cm³/mol. The van der Waals surface area contributed by atoms with E-state index in [2.05, 4.69) is 10.5 Å². The van der Waals surface area contributed by atoms with E-state index in [9.17, 15) is 5.11 Å². The molecule has 0 saturated heterocycles. The van der Waals surface area contributed by atoms with Gasteiger partial charge in [0, 0.05) is 0 Å². The van der Waals surface area contributed by atoms with E-state index in [1.165, 1.54) is 11.0 Å². The lowest BCUT2D eigenvalue weighted by Gasteiger charge is -2.04. The van der Waals surface area contributed by atoms with Crippen molar-refractivity contribution < 1.29 is 5.11 Å². The van der Waals surface area contributed by atoms with Crippen LogP contribution in [-0.2, 0) is 6.54 Å². The normalized spacial score (nSPS) is 10.1. The average Bonchev–Trinajstić information content (AvgIpc) is 2.57. The molecule has 4 N–H and O–H groups in total. The number of anilines is 1. The maximum atomic E-state index is 9.19. The third-order valence-corrected chi connectivity index (χ3v) is 2.01. The smallest absolute Gasteiger partial charge is 0.189 e. The van der Waals surface area contributed by atoms with Gasteiger partial charge >= 0.3 is 0 Å². The van der Waals surface area contributed by atoms with Crippen molar-refractivity contribution in [1.29, 1.82) is 0 Å². The number of benzene rings is 1. The van der Waals surface area contributed by atoms with E-state index in [-0.39, 0.29) is 11.6 Å². The molecule has 1 aromatic heterocycles. The molecule has 1 heterocycles. The Labute approximate surface area is 87.1 Å². The molecule has 0 bridgehead atoms. The minimum atomic E-state index is -0.0180. The highest BCUT2D eigenvalue weighted by molar-refractivity contribution is 5.42. The Kier molecular flexibility index (Phi) is 2.45. The molecule has 0 amide bonds. The third kappa shape index (κ3) is 2.19. The first-order valence-electron chi connectivity index (χ1n) is 4.57. The van der Waals surface area contributed by atoms with E-state index in [4.69, 9.17) is 5.73 Å². The SMILES string of the molecule is Nc1nn(NCc2ccccc2)cc1O. The lowest BCUT2D eigenvalue weighted by Crippen LogP contribution is -2.14. The molecule has 0 spiro atoms. The van der Waals surface area contributed by atoms with Crippen LogP contribution in [0.1, 0.15) is 5.56 Å². The lowest BCUT2D eigenvalue weighted by atomic mass is 10.2. The van der Waals surface area contributed by atoms with Crippen LogP contribution in [0.3, 0.4) is 0 Å². The van der Waals surface area contributed by atoms with Gasteiger partial charge in [-0.05, 0) is 5.56 Å². The summed E-state index contributed by atoms with van der Waals surface area (Å²) in [6.45, 7) is 0.626. The quantitative estimate of drug-likeness (QED) is 0.694. The number of aromatic hydroxyl groups is 1. The molecule has 0 aliphatic rings. The first kappa shape index (κ1) is 9.39. The zero-order chi connectivity index (χ0) is 10.7. The summed E-state index contributed by atoms with van der Waals surface area (Å²) in [5.41, 5.74) is 9.51. The minimum absolute atomic E-state index is 0.0180. The number of aromatic nitrogens is 2. The summed E-state index contributed by atoms with van der Waals surface area (Å²) in [6.07, 6.45) is 1.43. The van der Waals surface area contributed by atoms with E-state index in [0.717, 1.165) is 5.56 Å². The van der Waals surface area contributed by atoms with Gasteiger partial charge in [-0.1, -0.05) is 30.3 Å². The van der Waals surface area contributed by atoms with E-state index >= 15 is 0 Å². The molecule has 2 aromatic rings. The zero-order valence-electron chi connectivity index (χ0n) is 8.09. The molecule has 0 saturated carbocycles. The van der Waals surface area contributed by atoms with Crippen LogP contribution in [0.5, 0.6) is 5.75 Å². The molecule has 1 aromatic carbocycles. The van der Waals surface area contributed by atoms with Gasteiger partial charge in [0.25, 0.3) is 0 Å². The van der Waals surface area contributed by atoms with Gasteiger partial charge in [-0.25, -0.2) is 0 Å². The van der Waals surface area contributed by atoms with Crippen LogP contribution in [0.25, 0.3) is 0 Å². The third-order valence-electron chi connectivity index (χ3n) is 2.01. The summed E-state index contributed by atoms with van der Waals surface area (Å²) < 4.78 is 0. The largest absolute Gasteiger partial charge is 0.503 e. The van der Waals surface area contributed by atoms with Crippen LogP contribution in [0.15, 0.2) is 36.5 Å². The van der Waals surface area contributed by atoms with Crippen LogP contribution >= 0.6 is 0 Å². The molecule has 15 heavy (non-hydrogen) atoms. The highest BCUT2D eigenvalue weighted by Crippen LogP contribution is 2.14. The predicted octanol–water partition coefficient (Wildman–Crippen LogP) is 0.915. The summed E-state index contributed by atoms with van der Waals surface area (Å²) in [7, 11) is 0. The number of hydrogen-bond donors (Lipinski definition) is 3. The van der Waals surface area contributed by atoms with Gasteiger partial charge in [-0.15, -0.1) is 5.10 Å². The Bertz CT molecular complexity index is 418. The lowest BCUT2D eigenvalue weighted by molar-refractivity contribution is 0.477. The van der Waals surface area contributed by atoms with E-state index < -0.39 is 0 Å². The molecule has 0 aliphatic heterocycles. The molecule has 78 valence electrons. The highest BCUT2D eigenvalue weighted by atomic mass is 16.3. The number of rotatable bonds is 3. The second kappa shape index (κ2) is 3.91. The maximum absolute atomic E-state index is 9.19. The molecule has 2 rings (SSSR count). The minimum Gasteiger partial charge on any atom is -0.503 e. The number of nitrogen functional groups attached to an aromatic ring is 1. The van der Waals surface area contributed by atoms with Gasteiger partial charge in [0.15, 0.2) is 11.6 Å². The highest BCUT2D eigenvalue weighted by Gasteiger charge is 2.01. The summed E-state index contributed by atoms with van der Waals surface area (Å²) >= 11 is 0. The fourth-order valence-electron chi connectivity index (χ4n) is 1.23. The van der Waals surface area contributed by atoms with Crippen molar-refractivity contribution >= 4 is 5.82 Å². The number of nitrogens with two attached hydrogens (primary N) is 1. The van der Waals surface area contributed by atoms with Crippen molar-refractivity contribution in [1.82, 2.24) is 9.89 Å². The van der Waals surface area contributed by atoms with Gasteiger partial charge in [0.1, 0.15) is 0 Å². The zero-order valence-corrected chi connectivity index (χ0v) is 8.09. The summed E-state index contributed by atoms with van der Waals surface area (Å²) in [4.78, 5) is 1.40. The molecule has 0 radical (unpaired) electrons. The Morgan fingerprint density at radius 1 is 1.33 bits per heavy atom. The van der Waals surface area contributed by atoms with Crippen molar-refractivity contribution in [2.45, 2.75) is 6.54 Å². The van der Waals surface area contributed by atoms with Crippen LogP contribution in [0.2, 0.25) is 0 Å². The molecular weight excluding hydrogens is 192 g/mol. The Balaban J connectivity index is 1.99. The molecule has 0 atom stereocenters. The summed E-state index contributed by atoms with van der Waals surface area (Å²) in [6, 6.07) is 9.89. The van der Waals surface area contributed by atoms with Gasteiger partial charge < -0.3 is 16.3 Å². The van der Waals surface area contributed by atoms with Crippen molar-refractivity contribution in [3.8, 4) is 5.75 Å². The second-order valence-corrected chi connectivity index (χ2v) is 3.16. The van der Waals surface area contributed by atoms with Crippen molar-refractivity contribution in [2.24, 2.45) is 0 Å². The molecule has 5 heteroatoms. The fourth-order valence-corrected chi connectivity index (χ4v) is 1.23. The maximum Gasteiger partial charge on any atom is 0.189 e. The van der Waals surface area contributed by atoms with E-state index in [1.54, 1.807) is 0 Å². The molecular formula is C10H12N4O. The molecule has 0 unspecified atom stereocenters. The summed E-state index contributed by atoms with van der Waals surface area (Å²) in [5, 5.41) is 13.0. The first-order chi connectivity index (χ1) is 7.25. The molecule has 0 fully saturated rings. The first-order valence-corrected chi connectivity index (χ1v) is 4.57. The van der Waals surface area contributed by atoms with Gasteiger partial charge in [-0.3, -0.25) is 0 Å². The second-order valence-electron chi connectivity index (χ2n) is 3.16. The number of nitrogens with one attached hydrogen (secondary N) is 1. The van der Waals surface area contributed by atoms with Gasteiger partial charge in [-0.2, -0.15) is 4.79 Å². The Hall–Kier alpha value is -2.17. The molecule has 0 aliphatic carbocycles. The van der Waals surface area contributed by atoms with Crippen molar-refractivity contribution in [3.63, 3.8) is 0 Å². The van der Waals surface area contributed by atoms with Gasteiger partial charge in [0.2, 0.25) is 0 Å². The van der Waals surface area contributed by atoms with E-state index in [1.807, 2.05) is 30.3 Å². The van der Waals surface area contributed by atoms with Crippen LogP contribution < -0.4 is 11.2 Å². The fraction of sp³-hybridized carbons (Fsp3) is 0.100. The van der Waals surface area contributed by atoms with Crippen LogP contribution in [0, 0.1) is 0 Å². The van der Waals surface area contributed by atoms with Crippen LogP contribution in [0.4, 0.5) is 5.82 Å². The Morgan fingerprint density at radius 2 is 2.07 bits per heavy atom. The van der Waals surface area contributed by atoms with E-state index in [0.29, 0.717) is 6.54 Å². The average molecular weight is 204 g/mol. The topological polar surface area (TPSA) is 76.1 Å². The standard InChI is InChI=1S/C10H12N4O/c11-10-9(15)7-14(13-10)12-6-8-4-2-1-3-5-8/h1-5,7,12,15H,6H2,(H2,11,13). The number of hydrogen-bond acceptors (Lipinski definition) is 4. The van der Waals surface area contributed by atoms with Crippen LogP contribution in [-0.4, -0.2) is 15.0 Å². The van der Waals surface area contributed by atoms with Crippen molar-refractivity contribution in [2.75, 3.05) is 11.2 Å². The van der Waals surface area contributed by atoms with Gasteiger partial charge in [0.05, 0.1) is 12.7 Å². The monoisotopic (exact) mass is 204 g/mol. The van der Waals surface area contributed by atoms with Crippen molar-refractivity contribution in [3.05, 3.63) is 42.1 Å². The summed E-state index contributed by atoms with van der Waals surface area (Å²) in [5.74, 6) is 0.103.